The van der Waals surface area contributed by atoms with Crippen molar-refractivity contribution >= 4 is 11.8 Å². The topological polar surface area (TPSA) is 101 Å². The number of hydrogen-bond donors (Lipinski definition) is 2. The van der Waals surface area contributed by atoms with Crippen molar-refractivity contribution in [3.8, 4) is 11.3 Å². The smallest absolute Gasteiger partial charge is 0.251 e. The number of aromatic nitrogens is 2. The van der Waals surface area contributed by atoms with Crippen LogP contribution in [-0.2, 0) is 4.79 Å². The Morgan fingerprint density at radius 2 is 2.11 bits per heavy atom. The van der Waals surface area contributed by atoms with E-state index in [4.69, 9.17) is 5.73 Å². The van der Waals surface area contributed by atoms with Crippen LogP contribution in [0.5, 0.6) is 0 Å². The van der Waals surface area contributed by atoms with Crippen LogP contribution >= 0.6 is 0 Å². The molecule has 2 heterocycles. The van der Waals surface area contributed by atoms with Crippen LogP contribution in [0.25, 0.3) is 11.3 Å². The molecule has 7 heteroatoms. The Morgan fingerprint density at radius 1 is 1.26 bits per heavy atom. The molecule has 0 aliphatic carbocycles. The second-order valence-corrected chi connectivity index (χ2v) is 6.94. The molecule has 3 rings (SSSR count). The highest BCUT2D eigenvalue weighted by atomic mass is 16.2. The highest BCUT2D eigenvalue weighted by Gasteiger charge is 2.23. The third-order valence-electron chi connectivity index (χ3n) is 4.84. The molecule has 0 spiro atoms. The van der Waals surface area contributed by atoms with Gasteiger partial charge >= 0.3 is 0 Å². The molecular weight excluding hydrogens is 342 g/mol. The Labute approximate surface area is 159 Å². The van der Waals surface area contributed by atoms with E-state index in [0.717, 1.165) is 36.3 Å². The van der Waals surface area contributed by atoms with Crippen LogP contribution < -0.4 is 11.1 Å². The van der Waals surface area contributed by atoms with E-state index in [9.17, 15) is 9.59 Å². The lowest BCUT2D eigenvalue weighted by atomic mass is 9.97. The Hall–Kier alpha value is -2.80. The molecule has 1 aromatic heterocycles. The number of nitrogens with one attached hydrogen (secondary N) is 1. The molecule has 142 valence electrons. The number of hydrogen-bond acceptors (Lipinski definition) is 5. The second-order valence-electron chi connectivity index (χ2n) is 6.94. The summed E-state index contributed by atoms with van der Waals surface area (Å²) in [6, 6.07) is 11.1. The number of aryl methyl sites for hydroxylation is 1. The maximum Gasteiger partial charge on any atom is 0.251 e. The predicted molar refractivity (Wildman–Crippen MR) is 103 cm³/mol. The number of carbonyl (C=O) groups is 2. The molecule has 1 fully saturated rings. The third kappa shape index (κ3) is 5.10. The minimum atomic E-state index is -0.236. The van der Waals surface area contributed by atoms with Gasteiger partial charge in [0.05, 0.1) is 17.3 Å². The number of likely N-dealkylation sites (tertiary alicyclic amines) is 1. The largest absolute Gasteiger partial charge is 0.369 e. The summed E-state index contributed by atoms with van der Waals surface area (Å²) >= 11 is 0. The lowest BCUT2D eigenvalue weighted by molar-refractivity contribution is -0.123. The van der Waals surface area contributed by atoms with Gasteiger partial charge in [-0.2, -0.15) is 10.2 Å². The number of nitrogens with two attached hydrogens (primary N) is 1. The van der Waals surface area contributed by atoms with Crippen LogP contribution in [0.2, 0.25) is 0 Å². The molecule has 0 unspecified atom stereocenters. The Morgan fingerprint density at radius 3 is 2.85 bits per heavy atom. The van der Waals surface area contributed by atoms with Gasteiger partial charge in [-0.25, -0.2) is 0 Å². The lowest BCUT2D eigenvalue weighted by Crippen LogP contribution is -2.44. The number of nitrogens with zero attached hydrogens (tertiary/aromatic N) is 3. The van der Waals surface area contributed by atoms with Crippen LogP contribution in [0.3, 0.4) is 0 Å². The average molecular weight is 367 g/mol. The molecule has 0 saturated carbocycles. The first-order valence-corrected chi connectivity index (χ1v) is 9.23. The van der Waals surface area contributed by atoms with Gasteiger partial charge in [0.2, 0.25) is 5.91 Å². The van der Waals surface area contributed by atoms with Crippen LogP contribution in [0.15, 0.2) is 36.4 Å². The fraction of sp³-hybridized carbons (Fsp3) is 0.400. The van der Waals surface area contributed by atoms with Gasteiger partial charge in [0.15, 0.2) is 0 Å². The van der Waals surface area contributed by atoms with Crippen LogP contribution in [0, 0.1) is 12.8 Å². The van der Waals surface area contributed by atoms with Crippen LogP contribution in [-0.4, -0.2) is 53.1 Å². The minimum absolute atomic E-state index is 0.0817. The zero-order valence-corrected chi connectivity index (χ0v) is 15.5. The molecule has 1 aromatic carbocycles. The normalized spacial score (nSPS) is 17.4. The first kappa shape index (κ1) is 19.0. The fourth-order valence-electron chi connectivity index (χ4n) is 3.29. The van der Waals surface area contributed by atoms with E-state index in [0.29, 0.717) is 25.2 Å². The summed E-state index contributed by atoms with van der Waals surface area (Å²) in [7, 11) is 0. The molecule has 1 aliphatic rings. The average Bonchev–Trinajstić information content (AvgIpc) is 2.69. The van der Waals surface area contributed by atoms with Gasteiger partial charge in [0, 0.05) is 30.8 Å². The first-order chi connectivity index (χ1) is 13.0. The Balaban J connectivity index is 1.54. The van der Waals surface area contributed by atoms with Gasteiger partial charge < -0.3 is 16.0 Å². The molecule has 7 nitrogen and oxygen atoms in total. The van der Waals surface area contributed by atoms with E-state index in [2.05, 4.69) is 20.4 Å². The maximum absolute atomic E-state index is 12.5. The summed E-state index contributed by atoms with van der Waals surface area (Å²) in [6.07, 6.45) is 1.81. The van der Waals surface area contributed by atoms with E-state index in [1.807, 2.05) is 37.3 Å². The number of carbonyl (C=O) groups excluding carboxylic acids is 2. The van der Waals surface area contributed by atoms with Crippen molar-refractivity contribution in [3.05, 3.63) is 47.7 Å². The number of primary amides is 1. The quantitative estimate of drug-likeness (QED) is 0.803. The summed E-state index contributed by atoms with van der Waals surface area (Å²) < 4.78 is 0. The fourth-order valence-corrected chi connectivity index (χ4v) is 3.29. The number of amides is 2. The monoisotopic (exact) mass is 367 g/mol. The van der Waals surface area contributed by atoms with Gasteiger partial charge in [-0.15, -0.1) is 0 Å². The standard InChI is InChI=1S/C20H25N5O2/c1-14-7-8-18(24-23-14)15-4-2-5-16(12-15)20(27)22-9-11-25-10-3-6-17(13-25)19(21)26/h2,4-5,7-8,12,17H,3,6,9-11,13H2,1H3,(H2,21,26)(H,22,27)/t17-/m1/s1. The molecule has 2 aromatic rings. The third-order valence-corrected chi connectivity index (χ3v) is 4.84. The Bertz CT molecular complexity index is 806. The van der Waals surface area contributed by atoms with Crippen molar-refractivity contribution in [2.45, 2.75) is 19.8 Å². The van der Waals surface area contributed by atoms with Gasteiger partial charge in [0.25, 0.3) is 5.91 Å². The van der Waals surface area contributed by atoms with Crippen molar-refractivity contribution in [1.29, 1.82) is 0 Å². The molecule has 1 saturated heterocycles. The van der Waals surface area contributed by atoms with Gasteiger partial charge in [-0.1, -0.05) is 12.1 Å². The molecule has 0 bridgehead atoms. The Kier molecular flexibility index (Phi) is 6.13. The molecule has 0 radical (unpaired) electrons. The zero-order chi connectivity index (χ0) is 19.2. The van der Waals surface area contributed by atoms with Crippen LogP contribution in [0.1, 0.15) is 28.9 Å². The van der Waals surface area contributed by atoms with Gasteiger partial charge in [-0.05, 0) is 50.6 Å². The van der Waals surface area contributed by atoms with E-state index in [-0.39, 0.29) is 17.7 Å². The molecule has 1 atom stereocenters. The maximum atomic E-state index is 12.5. The van der Waals surface area contributed by atoms with Crippen LogP contribution in [0.4, 0.5) is 0 Å². The molecule has 3 N–H and O–H groups in total. The van der Waals surface area contributed by atoms with E-state index < -0.39 is 0 Å². The van der Waals surface area contributed by atoms with Crippen molar-refractivity contribution in [3.63, 3.8) is 0 Å². The molecular formula is C20H25N5O2. The zero-order valence-electron chi connectivity index (χ0n) is 15.5. The summed E-state index contributed by atoms with van der Waals surface area (Å²) in [6.45, 7) is 4.72. The summed E-state index contributed by atoms with van der Waals surface area (Å²) in [5.41, 5.74) is 8.44. The number of rotatable bonds is 6. The minimum Gasteiger partial charge on any atom is -0.369 e. The van der Waals surface area contributed by atoms with E-state index in [1.165, 1.54) is 0 Å². The summed E-state index contributed by atoms with van der Waals surface area (Å²) in [5.74, 6) is -0.443. The van der Waals surface area contributed by atoms with Gasteiger partial charge in [0.1, 0.15) is 0 Å². The molecule has 27 heavy (non-hydrogen) atoms. The second kappa shape index (κ2) is 8.73. The van der Waals surface area contributed by atoms with E-state index >= 15 is 0 Å². The molecule has 1 aliphatic heterocycles. The highest BCUT2D eigenvalue weighted by Crippen LogP contribution is 2.18. The first-order valence-electron chi connectivity index (χ1n) is 9.23. The van der Waals surface area contributed by atoms with Crippen molar-refractivity contribution in [2.75, 3.05) is 26.2 Å². The highest BCUT2D eigenvalue weighted by molar-refractivity contribution is 5.95. The lowest BCUT2D eigenvalue weighted by Gasteiger charge is -2.31. The van der Waals surface area contributed by atoms with Crippen molar-refractivity contribution < 1.29 is 9.59 Å². The predicted octanol–water partition coefficient (Wildman–Crippen LogP) is 1.38. The SMILES string of the molecule is Cc1ccc(-c2cccc(C(=O)NCCN3CCC[C@@H](C(N)=O)C3)c2)nn1. The van der Waals surface area contributed by atoms with Gasteiger partial charge in [-0.3, -0.25) is 9.59 Å². The van der Waals surface area contributed by atoms with Crippen molar-refractivity contribution in [1.82, 2.24) is 20.4 Å². The summed E-state index contributed by atoms with van der Waals surface area (Å²) in [4.78, 5) is 26.0. The van der Waals surface area contributed by atoms with Crippen molar-refractivity contribution in [2.24, 2.45) is 11.7 Å². The molecule has 2 amide bonds. The summed E-state index contributed by atoms with van der Waals surface area (Å²) in [5, 5.41) is 11.2. The number of benzene rings is 1. The van der Waals surface area contributed by atoms with E-state index in [1.54, 1.807) is 6.07 Å². The number of piperidine rings is 1.